The Hall–Kier alpha value is -2.52. The molecule has 0 spiro atoms. The third kappa shape index (κ3) is 2.22. The van der Waals surface area contributed by atoms with Crippen molar-refractivity contribution >= 4 is 22.7 Å². The summed E-state index contributed by atoms with van der Waals surface area (Å²) >= 11 is 6.01. The first-order valence-electron chi connectivity index (χ1n) is 6.59. The molecule has 21 heavy (non-hydrogen) atoms. The van der Waals surface area contributed by atoms with Gasteiger partial charge in [-0.1, -0.05) is 17.7 Å². The van der Waals surface area contributed by atoms with Crippen LogP contribution in [-0.2, 0) is 0 Å². The molecule has 0 amide bonds. The second-order valence-corrected chi connectivity index (χ2v) is 5.21. The lowest BCUT2D eigenvalue weighted by Crippen LogP contribution is -1.87. The van der Waals surface area contributed by atoms with E-state index in [1.165, 1.54) is 0 Å². The normalized spacial score (nSPS) is 11.1. The van der Waals surface area contributed by atoms with Gasteiger partial charge in [-0.15, -0.1) is 0 Å². The van der Waals surface area contributed by atoms with E-state index >= 15 is 0 Å². The van der Waals surface area contributed by atoms with E-state index < -0.39 is 0 Å². The highest BCUT2D eigenvalue weighted by molar-refractivity contribution is 6.30. The highest BCUT2D eigenvalue weighted by atomic mass is 35.5. The standard InChI is InChI=1S/C17H11ClN2O/c18-13-5-3-4-12(10-13)17-19-15-7-6-14(11-16(15)21-17)20-8-1-2-9-20/h1-11H. The zero-order valence-electron chi connectivity index (χ0n) is 11.0. The minimum Gasteiger partial charge on any atom is -0.436 e. The number of oxazole rings is 1. The fourth-order valence-corrected chi connectivity index (χ4v) is 2.52. The molecule has 4 heteroatoms. The molecule has 0 unspecified atom stereocenters. The largest absolute Gasteiger partial charge is 0.436 e. The van der Waals surface area contributed by atoms with Crippen LogP contribution in [0.5, 0.6) is 0 Å². The van der Waals surface area contributed by atoms with Gasteiger partial charge in [0.15, 0.2) is 5.58 Å². The second kappa shape index (κ2) is 4.79. The van der Waals surface area contributed by atoms with Crippen molar-refractivity contribution in [3.05, 3.63) is 72.0 Å². The molecule has 0 aliphatic heterocycles. The van der Waals surface area contributed by atoms with Crippen molar-refractivity contribution in [2.75, 3.05) is 0 Å². The Morgan fingerprint density at radius 1 is 0.952 bits per heavy atom. The lowest BCUT2D eigenvalue weighted by atomic mass is 10.2. The predicted octanol–water partition coefficient (Wildman–Crippen LogP) is 4.94. The fraction of sp³-hybridized carbons (Fsp3) is 0. The summed E-state index contributed by atoms with van der Waals surface area (Å²) in [6, 6.07) is 17.4. The maximum Gasteiger partial charge on any atom is 0.227 e. The van der Waals surface area contributed by atoms with Crippen LogP contribution in [0, 0.1) is 0 Å². The number of aromatic nitrogens is 2. The van der Waals surface area contributed by atoms with Crippen molar-refractivity contribution in [3.63, 3.8) is 0 Å². The average molecular weight is 295 g/mol. The summed E-state index contributed by atoms with van der Waals surface area (Å²) < 4.78 is 7.89. The molecule has 0 saturated heterocycles. The Kier molecular flexibility index (Phi) is 2.79. The maximum absolute atomic E-state index is 6.01. The van der Waals surface area contributed by atoms with Gasteiger partial charge in [-0.25, -0.2) is 4.98 Å². The van der Waals surface area contributed by atoms with Crippen molar-refractivity contribution in [2.45, 2.75) is 0 Å². The third-order valence-corrected chi connectivity index (χ3v) is 3.58. The Balaban J connectivity index is 1.83. The lowest BCUT2D eigenvalue weighted by Gasteiger charge is -2.00. The van der Waals surface area contributed by atoms with Gasteiger partial charge in [0.05, 0.1) is 0 Å². The highest BCUT2D eigenvalue weighted by Gasteiger charge is 2.09. The van der Waals surface area contributed by atoms with E-state index in [9.17, 15) is 0 Å². The molecular formula is C17H11ClN2O. The van der Waals surface area contributed by atoms with Gasteiger partial charge in [-0.2, -0.15) is 0 Å². The SMILES string of the molecule is Clc1cccc(-c2nc3ccc(-n4cccc4)cc3o2)c1. The molecule has 4 rings (SSSR count). The number of hydrogen-bond donors (Lipinski definition) is 0. The Morgan fingerprint density at radius 2 is 1.81 bits per heavy atom. The summed E-state index contributed by atoms with van der Waals surface area (Å²) in [4.78, 5) is 4.51. The van der Waals surface area contributed by atoms with E-state index in [-0.39, 0.29) is 0 Å². The van der Waals surface area contributed by atoms with Crippen molar-refractivity contribution in [1.29, 1.82) is 0 Å². The van der Waals surface area contributed by atoms with Crippen LogP contribution < -0.4 is 0 Å². The summed E-state index contributed by atoms with van der Waals surface area (Å²) in [5, 5.41) is 0.669. The Bertz CT molecular complexity index is 910. The Labute approximate surface area is 126 Å². The monoisotopic (exact) mass is 294 g/mol. The highest BCUT2D eigenvalue weighted by Crippen LogP contribution is 2.27. The quantitative estimate of drug-likeness (QED) is 0.524. The van der Waals surface area contributed by atoms with Crippen LogP contribution in [0.25, 0.3) is 28.2 Å². The van der Waals surface area contributed by atoms with Gasteiger partial charge < -0.3 is 8.98 Å². The third-order valence-electron chi connectivity index (χ3n) is 3.35. The molecule has 0 atom stereocenters. The van der Waals surface area contributed by atoms with E-state index in [4.69, 9.17) is 16.0 Å². The van der Waals surface area contributed by atoms with Crippen LogP contribution in [0.3, 0.4) is 0 Å². The van der Waals surface area contributed by atoms with E-state index in [1.807, 2.05) is 71.6 Å². The van der Waals surface area contributed by atoms with E-state index in [2.05, 4.69) is 4.98 Å². The van der Waals surface area contributed by atoms with Crippen molar-refractivity contribution in [3.8, 4) is 17.1 Å². The van der Waals surface area contributed by atoms with Crippen molar-refractivity contribution in [1.82, 2.24) is 9.55 Å². The molecule has 0 aliphatic rings. The second-order valence-electron chi connectivity index (χ2n) is 4.77. The molecule has 0 saturated carbocycles. The van der Waals surface area contributed by atoms with Gasteiger partial charge in [-0.3, -0.25) is 0 Å². The van der Waals surface area contributed by atoms with Crippen LogP contribution in [0.2, 0.25) is 5.02 Å². The summed E-state index contributed by atoms with van der Waals surface area (Å²) in [7, 11) is 0. The molecule has 0 bridgehead atoms. The first-order chi connectivity index (χ1) is 10.3. The number of fused-ring (bicyclic) bond motifs is 1. The van der Waals surface area contributed by atoms with Gasteiger partial charge in [0.2, 0.25) is 5.89 Å². The molecule has 2 aromatic heterocycles. The number of nitrogens with zero attached hydrogens (tertiary/aromatic N) is 2. The van der Waals surface area contributed by atoms with Crippen molar-refractivity contribution in [2.24, 2.45) is 0 Å². The minimum absolute atomic E-state index is 0.581. The number of halogens is 1. The fourth-order valence-electron chi connectivity index (χ4n) is 2.33. The first kappa shape index (κ1) is 12.2. The van der Waals surface area contributed by atoms with Gasteiger partial charge >= 0.3 is 0 Å². The molecule has 0 fully saturated rings. The van der Waals surface area contributed by atoms with Gasteiger partial charge in [0.25, 0.3) is 0 Å². The number of benzene rings is 2. The molecular weight excluding hydrogens is 284 g/mol. The zero-order valence-corrected chi connectivity index (χ0v) is 11.8. The molecule has 2 aromatic carbocycles. The molecule has 0 N–H and O–H groups in total. The van der Waals surface area contributed by atoms with E-state index in [0.717, 1.165) is 22.4 Å². The summed E-state index contributed by atoms with van der Waals surface area (Å²) in [6.45, 7) is 0. The van der Waals surface area contributed by atoms with Gasteiger partial charge in [0.1, 0.15) is 5.52 Å². The van der Waals surface area contributed by atoms with Crippen LogP contribution in [-0.4, -0.2) is 9.55 Å². The van der Waals surface area contributed by atoms with Gasteiger partial charge in [-0.05, 0) is 42.5 Å². The molecule has 102 valence electrons. The molecule has 3 nitrogen and oxygen atoms in total. The van der Waals surface area contributed by atoms with E-state index in [0.29, 0.717) is 10.9 Å². The number of rotatable bonds is 2. The topological polar surface area (TPSA) is 31.0 Å². The predicted molar refractivity (Wildman–Crippen MR) is 83.8 cm³/mol. The van der Waals surface area contributed by atoms with Crippen LogP contribution in [0.4, 0.5) is 0 Å². The summed E-state index contributed by atoms with van der Waals surface area (Å²) in [5.74, 6) is 0.581. The van der Waals surface area contributed by atoms with Gasteiger partial charge in [0, 0.05) is 34.7 Å². The van der Waals surface area contributed by atoms with Crippen molar-refractivity contribution < 1.29 is 4.42 Å². The molecule has 0 aliphatic carbocycles. The lowest BCUT2D eigenvalue weighted by molar-refractivity contribution is 0.619. The molecule has 0 radical (unpaired) electrons. The molecule has 2 heterocycles. The smallest absolute Gasteiger partial charge is 0.227 e. The maximum atomic E-state index is 6.01. The summed E-state index contributed by atoms with van der Waals surface area (Å²) in [6.07, 6.45) is 3.99. The Morgan fingerprint density at radius 3 is 2.62 bits per heavy atom. The zero-order chi connectivity index (χ0) is 14.2. The summed E-state index contributed by atoms with van der Waals surface area (Å²) in [5.41, 5.74) is 3.51. The van der Waals surface area contributed by atoms with Crippen LogP contribution >= 0.6 is 11.6 Å². The van der Waals surface area contributed by atoms with Crippen LogP contribution in [0.1, 0.15) is 0 Å². The molecule has 4 aromatic rings. The van der Waals surface area contributed by atoms with Crippen LogP contribution in [0.15, 0.2) is 71.4 Å². The first-order valence-corrected chi connectivity index (χ1v) is 6.97. The minimum atomic E-state index is 0.581. The van der Waals surface area contributed by atoms with E-state index in [1.54, 1.807) is 0 Å². The average Bonchev–Trinajstić information content (AvgIpc) is 3.16. The number of hydrogen-bond acceptors (Lipinski definition) is 2.